The van der Waals surface area contributed by atoms with Crippen LogP contribution in [0.2, 0.25) is 0 Å². The summed E-state index contributed by atoms with van der Waals surface area (Å²) in [7, 11) is -3.29. The van der Waals surface area contributed by atoms with Gasteiger partial charge in [0.05, 0.1) is 17.5 Å². The number of nitrogens with one attached hydrogen (secondary N) is 1. The van der Waals surface area contributed by atoms with Gasteiger partial charge < -0.3 is 5.73 Å². The van der Waals surface area contributed by atoms with E-state index in [0.717, 1.165) is 11.6 Å². The Morgan fingerprint density at radius 3 is 2.69 bits per heavy atom. The van der Waals surface area contributed by atoms with Crippen LogP contribution in [0.3, 0.4) is 0 Å². The molecule has 0 bridgehead atoms. The van der Waals surface area contributed by atoms with Gasteiger partial charge in [-0.15, -0.1) is 0 Å². The Morgan fingerprint density at radius 1 is 1.25 bits per heavy atom. The summed E-state index contributed by atoms with van der Waals surface area (Å²) in [5.74, 6) is 0.406. The minimum atomic E-state index is -3.29. The van der Waals surface area contributed by atoms with Crippen LogP contribution in [-0.2, 0) is 10.0 Å². The van der Waals surface area contributed by atoms with Crippen LogP contribution >= 0.6 is 0 Å². The van der Waals surface area contributed by atoms with E-state index in [0.29, 0.717) is 17.0 Å². The first-order chi connectivity index (χ1) is 7.46. The molecule has 2 aromatic rings. The fourth-order valence-electron chi connectivity index (χ4n) is 1.46. The van der Waals surface area contributed by atoms with Gasteiger partial charge in [-0.05, 0) is 24.3 Å². The van der Waals surface area contributed by atoms with E-state index in [9.17, 15) is 8.42 Å². The first kappa shape index (κ1) is 10.7. The lowest BCUT2D eigenvalue weighted by Crippen LogP contribution is -2.09. The molecule has 16 heavy (non-hydrogen) atoms. The van der Waals surface area contributed by atoms with Gasteiger partial charge in [0.25, 0.3) is 0 Å². The van der Waals surface area contributed by atoms with Crippen LogP contribution in [0.5, 0.6) is 0 Å². The van der Waals surface area contributed by atoms with Gasteiger partial charge in [-0.1, -0.05) is 6.07 Å². The third-order valence-corrected chi connectivity index (χ3v) is 2.64. The summed E-state index contributed by atoms with van der Waals surface area (Å²) in [6.07, 6.45) is 1.11. The van der Waals surface area contributed by atoms with Gasteiger partial charge in [-0.2, -0.15) is 0 Å². The Bertz CT molecular complexity index is 638. The second-order valence-electron chi connectivity index (χ2n) is 3.48. The molecule has 0 unspecified atom stereocenters. The molecule has 1 aromatic heterocycles. The molecule has 0 amide bonds. The Labute approximate surface area is 93.3 Å². The molecule has 0 aliphatic rings. The van der Waals surface area contributed by atoms with Crippen molar-refractivity contribution in [2.45, 2.75) is 0 Å². The Balaban J connectivity index is 2.63. The minimum absolute atomic E-state index is 0.406. The van der Waals surface area contributed by atoms with Crippen molar-refractivity contribution in [1.82, 2.24) is 4.98 Å². The van der Waals surface area contributed by atoms with Crippen LogP contribution in [0, 0.1) is 0 Å². The van der Waals surface area contributed by atoms with E-state index in [1.165, 1.54) is 0 Å². The molecule has 1 heterocycles. The molecule has 6 heteroatoms. The molecule has 3 N–H and O–H groups in total. The number of sulfonamides is 1. The number of benzene rings is 1. The number of nitrogens with two attached hydrogens (primary N) is 1. The second-order valence-corrected chi connectivity index (χ2v) is 5.23. The molecule has 0 radical (unpaired) electrons. The van der Waals surface area contributed by atoms with Gasteiger partial charge in [0.2, 0.25) is 10.0 Å². The monoisotopic (exact) mass is 237 g/mol. The fourth-order valence-corrected chi connectivity index (χ4v) is 2.04. The van der Waals surface area contributed by atoms with Crippen molar-refractivity contribution in [2.75, 3.05) is 16.7 Å². The minimum Gasteiger partial charge on any atom is -0.384 e. The highest BCUT2D eigenvalue weighted by molar-refractivity contribution is 7.92. The maximum absolute atomic E-state index is 11.2. The number of anilines is 2. The van der Waals surface area contributed by atoms with E-state index < -0.39 is 10.0 Å². The summed E-state index contributed by atoms with van der Waals surface area (Å²) < 4.78 is 24.7. The van der Waals surface area contributed by atoms with Crippen molar-refractivity contribution in [3.8, 4) is 0 Å². The molecular formula is C10H11N3O2S. The number of fused-ring (bicyclic) bond motifs is 1. The van der Waals surface area contributed by atoms with E-state index in [-0.39, 0.29) is 0 Å². The highest BCUT2D eigenvalue weighted by atomic mass is 32.2. The first-order valence-corrected chi connectivity index (χ1v) is 6.48. The van der Waals surface area contributed by atoms with Crippen molar-refractivity contribution < 1.29 is 8.42 Å². The van der Waals surface area contributed by atoms with Gasteiger partial charge in [-0.3, -0.25) is 4.72 Å². The molecule has 0 fully saturated rings. The van der Waals surface area contributed by atoms with Crippen molar-refractivity contribution in [2.24, 2.45) is 0 Å². The van der Waals surface area contributed by atoms with Crippen LogP contribution in [0.4, 0.5) is 11.5 Å². The highest BCUT2D eigenvalue weighted by Gasteiger charge is 2.06. The van der Waals surface area contributed by atoms with Crippen molar-refractivity contribution in [1.29, 1.82) is 0 Å². The normalized spacial score (nSPS) is 11.6. The van der Waals surface area contributed by atoms with E-state index in [4.69, 9.17) is 5.73 Å². The summed E-state index contributed by atoms with van der Waals surface area (Å²) >= 11 is 0. The molecular weight excluding hydrogens is 226 g/mol. The summed E-state index contributed by atoms with van der Waals surface area (Å²) in [6, 6.07) is 8.56. The van der Waals surface area contributed by atoms with Gasteiger partial charge >= 0.3 is 0 Å². The number of nitrogen functional groups attached to an aromatic ring is 1. The summed E-state index contributed by atoms with van der Waals surface area (Å²) in [6.45, 7) is 0. The molecule has 1 aromatic carbocycles. The van der Waals surface area contributed by atoms with Crippen LogP contribution in [-0.4, -0.2) is 19.7 Å². The van der Waals surface area contributed by atoms with Crippen molar-refractivity contribution in [3.63, 3.8) is 0 Å². The number of pyridine rings is 1. The van der Waals surface area contributed by atoms with Crippen molar-refractivity contribution in [3.05, 3.63) is 30.3 Å². The quantitative estimate of drug-likeness (QED) is 0.821. The Kier molecular flexibility index (Phi) is 2.43. The molecule has 5 nitrogen and oxygen atoms in total. The molecule has 0 aliphatic carbocycles. The number of hydrogen-bond donors (Lipinski definition) is 2. The van der Waals surface area contributed by atoms with Crippen LogP contribution in [0.1, 0.15) is 0 Å². The summed E-state index contributed by atoms with van der Waals surface area (Å²) in [4.78, 5) is 4.11. The van der Waals surface area contributed by atoms with E-state index >= 15 is 0 Å². The lowest BCUT2D eigenvalue weighted by molar-refractivity contribution is 0.607. The summed E-state index contributed by atoms with van der Waals surface area (Å²) in [5.41, 5.74) is 6.72. The maximum atomic E-state index is 11.2. The molecule has 0 atom stereocenters. The maximum Gasteiger partial charge on any atom is 0.229 e. The lowest BCUT2D eigenvalue weighted by Gasteiger charge is -2.07. The van der Waals surface area contributed by atoms with Gasteiger partial charge in [0.15, 0.2) is 0 Å². The predicted octanol–water partition coefficient (Wildman–Crippen LogP) is 1.19. The first-order valence-electron chi connectivity index (χ1n) is 4.59. The summed E-state index contributed by atoms with van der Waals surface area (Å²) in [5, 5.41) is 0.724. The van der Waals surface area contributed by atoms with E-state index in [1.54, 1.807) is 30.3 Å². The largest absolute Gasteiger partial charge is 0.384 e. The zero-order valence-corrected chi connectivity index (χ0v) is 9.45. The fraction of sp³-hybridized carbons (Fsp3) is 0.100. The number of rotatable bonds is 2. The van der Waals surface area contributed by atoms with Gasteiger partial charge in [0, 0.05) is 5.39 Å². The zero-order valence-electron chi connectivity index (χ0n) is 8.64. The number of aromatic nitrogens is 1. The standard InChI is InChI=1S/C10H11N3O2S/c1-16(14,15)13-9-4-2-3-8-7(9)5-6-10(11)12-8/h2-6,13H,1H3,(H2,11,12). The molecule has 0 saturated carbocycles. The van der Waals surface area contributed by atoms with Gasteiger partial charge in [0.1, 0.15) is 5.82 Å². The van der Waals surface area contributed by atoms with Crippen molar-refractivity contribution >= 4 is 32.4 Å². The molecule has 0 aliphatic heterocycles. The molecule has 84 valence electrons. The van der Waals surface area contributed by atoms with Gasteiger partial charge in [-0.25, -0.2) is 13.4 Å². The van der Waals surface area contributed by atoms with E-state index in [2.05, 4.69) is 9.71 Å². The Morgan fingerprint density at radius 2 is 2.00 bits per heavy atom. The lowest BCUT2D eigenvalue weighted by atomic mass is 10.2. The third-order valence-electron chi connectivity index (χ3n) is 2.05. The number of hydrogen-bond acceptors (Lipinski definition) is 4. The average Bonchev–Trinajstić information content (AvgIpc) is 2.15. The smallest absolute Gasteiger partial charge is 0.229 e. The molecule has 0 saturated heterocycles. The number of nitrogens with zero attached hydrogens (tertiary/aromatic N) is 1. The molecule has 0 spiro atoms. The van der Waals surface area contributed by atoms with Crippen LogP contribution in [0.15, 0.2) is 30.3 Å². The van der Waals surface area contributed by atoms with E-state index in [1.807, 2.05) is 0 Å². The van der Waals surface area contributed by atoms with Crippen LogP contribution in [0.25, 0.3) is 10.9 Å². The topological polar surface area (TPSA) is 85.1 Å². The zero-order chi connectivity index (χ0) is 11.8. The second kappa shape index (κ2) is 3.64. The SMILES string of the molecule is CS(=O)(=O)Nc1cccc2nc(N)ccc12. The van der Waals surface area contributed by atoms with Crippen LogP contribution < -0.4 is 10.5 Å². The third kappa shape index (κ3) is 2.22. The highest BCUT2D eigenvalue weighted by Crippen LogP contribution is 2.23. The molecule has 2 rings (SSSR count). The predicted molar refractivity (Wildman–Crippen MR) is 64.6 cm³/mol. The average molecular weight is 237 g/mol. The Hall–Kier alpha value is -1.82.